The highest BCUT2D eigenvalue weighted by molar-refractivity contribution is 7.99. The van der Waals surface area contributed by atoms with E-state index in [1.807, 2.05) is 11.8 Å². The molecule has 92 valence electrons. The first-order valence-electron chi connectivity index (χ1n) is 5.53. The predicted octanol–water partition coefficient (Wildman–Crippen LogP) is 1.70. The quantitative estimate of drug-likeness (QED) is 0.756. The van der Waals surface area contributed by atoms with Crippen molar-refractivity contribution in [2.24, 2.45) is 11.1 Å². The van der Waals surface area contributed by atoms with Gasteiger partial charge in [-0.3, -0.25) is 4.79 Å². The van der Waals surface area contributed by atoms with Gasteiger partial charge in [-0.25, -0.2) is 0 Å². The lowest BCUT2D eigenvalue weighted by Crippen LogP contribution is -2.49. The third-order valence-corrected chi connectivity index (χ3v) is 4.94. The molecule has 1 amide bonds. The molecule has 0 aromatic carbocycles. The Labute approximate surface area is 107 Å². The van der Waals surface area contributed by atoms with Crippen molar-refractivity contribution in [1.29, 1.82) is 0 Å². The van der Waals surface area contributed by atoms with Gasteiger partial charge in [0.1, 0.15) is 0 Å². The molecule has 3 nitrogen and oxygen atoms in total. The number of nitrogens with two attached hydrogens (primary N) is 1. The average Bonchev–Trinajstić information content (AvgIpc) is 2.64. The first-order valence-corrected chi connectivity index (χ1v) is 7.23. The number of hydrogen-bond acceptors (Lipinski definition) is 3. The zero-order valence-electron chi connectivity index (χ0n) is 10.1. The van der Waals surface area contributed by atoms with E-state index < -0.39 is 5.41 Å². The van der Waals surface area contributed by atoms with Crippen molar-refractivity contribution in [2.75, 3.05) is 6.26 Å². The zero-order valence-corrected chi connectivity index (χ0v) is 11.7. The summed E-state index contributed by atoms with van der Waals surface area (Å²) >= 11 is 6.74. The molecule has 0 saturated heterocycles. The normalized spacial score (nSPS) is 25.4. The molecule has 16 heavy (non-hydrogen) atoms. The lowest BCUT2D eigenvalue weighted by atomic mass is 9.92. The van der Waals surface area contributed by atoms with Gasteiger partial charge < -0.3 is 11.1 Å². The van der Waals surface area contributed by atoms with Crippen molar-refractivity contribution < 1.29 is 4.79 Å². The van der Waals surface area contributed by atoms with E-state index in [1.54, 1.807) is 13.8 Å². The zero-order chi connectivity index (χ0) is 12.3. The predicted molar refractivity (Wildman–Crippen MR) is 73.7 cm³/mol. The standard InChI is InChI=1S/C11H20N2OS2/c1-11(2,9(12)15)10(14)13-7-5-4-6-8(7)16-3/h7-8H,4-6H2,1-3H3,(H2,12,15)(H,13,14). The summed E-state index contributed by atoms with van der Waals surface area (Å²) < 4.78 is 0. The molecule has 0 aromatic rings. The maximum atomic E-state index is 12.0. The third-order valence-electron chi connectivity index (χ3n) is 3.26. The number of carbonyl (C=O) groups excluding carboxylic acids is 1. The van der Waals surface area contributed by atoms with Gasteiger partial charge in [0, 0.05) is 11.3 Å². The van der Waals surface area contributed by atoms with Crippen LogP contribution in [0.2, 0.25) is 0 Å². The van der Waals surface area contributed by atoms with Crippen LogP contribution >= 0.6 is 24.0 Å². The van der Waals surface area contributed by atoms with E-state index in [-0.39, 0.29) is 16.9 Å². The summed E-state index contributed by atoms with van der Waals surface area (Å²) in [5, 5.41) is 3.61. The van der Waals surface area contributed by atoms with Crippen molar-refractivity contribution in [3.05, 3.63) is 0 Å². The summed E-state index contributed by atoms with van der Waals surface area (Å²) in [6.45, 7) is 3.54. The molecular formula is C11H20N2OS2. The highest BCUT2D eigenvalue weighted by Crippen LogP contribution is 2.29. The van der Waals surface area contributed by atoms with Crippen LogP contribution in [-0.2, 0) is 4.79 Å². The maximum Gasteiger partial charge on any atom is 0.232 e. The van der Waals surface area contributed by atoms with Gasteiger partial charge in [-0.15, -0.1) is 0 Å². The van der Waals surface area contributed by atoms with Crippen LogP contribution < -0.4 is 11.1 Å². The van der Waals surface area contributed by atoms with Crippen LogP contribution in [0.3, 0.4) is 0 Å². The minimum atomic E-state index is -0.749. The van der Waals surface area contributed by atoms with Gasteiger partial charge >= 0.3 is 0 Å². The van der Waals surface area contributed by atoms with E-state index in [1.165, 1.54) is 12.8 Å². The van der Waals surface area contributed by atoms with Crippen LogP contribution in [0.25, 0.3) is 0 Å². The molecule has 0 radical (unpaired) electrons. The second kappa shape index (κ2) is 5.36. The second-order valence-electron chi connectivity index (χ2n) is 4.77. The fourth-order valence-electron chi connectivity index (χ4n) is 1.83. The Morgan fingerprint density at radius 3 is 2.62 bits per heavy atom. The van der Waals surface area contributed by atoms with Crippen molar-refractivity contribution in [2.45, 2.75) is 44.4 Å². The van der Waals surface area contributed by atoms with Crippen LogP contribution in [0.15, 0.2) is 0 Å². The number of rotatable bonds is 4. The molecule has 1 rings (SSSR count). The van der Waals surface area contributed by atoms with Gasteiger partial charge in [-0.05, 0) is 32.9 Å². The smallest absolute Gasteiger partial charge is 0.232 e. The minimum Gasteiger partial charge on any atom is -0.392 e. The van der Waals surface area contributed by atoms with Crippen LogP contribution in [0.4, 0.5) is 0 Å². The fourth-order valence-corrected chi connectivity index (χ4v) is 2.86. The van der Waals surface area contributed by atoms with E-state index in [2.05, 4.69) is 11.6 Å². The first-order chi connectivity index (χ1) is 7.39. The molecule has 0 bridgehead atoms. The van der Waals surface area contributed by atoms with E-state index in [0.29, 0.717) is 5.25 Å². The Balaban J connectivity index is 2.60. The molecule has 0 spiro atoms. The average molecular weight is 260 g/mol. The van der Waals surface area contributed by atoms with Crippen LogP contribution in [0.1, 0.15) is 33.1 Å². The van der Waals surface area contributed by atoms with E-state index in [0.717, 1.165) is 6.42 Å². The Morgan fingerprint density at radius 2 is 2.12 bits per heavy atom. The van der Waals surface area contributed by atoms with Crippen molar-refractivity contribution in [1.82, 2.24) is 5.32 Å². The summed E-state index contributed by atoms with van der Waals surface area (Å²) in [7, 11) is 0. The van der Waals surface area contributed by atoms with Gasteiger partial charge in [-0.2, -0.15) is 11.8 Å². The highest BCUT2D eigenvalue weighted by atomic mass is 32.2. The van der Waals surface area contributed by atoms with Crippen LogP contribution in [0.5, 0.6) is 0 Å². The van der Waals surface area contributed by atoms with Crippen molar-refractivity contribution >= 4 is 34.9 Å². The number of thiocarbonyl (C=S) groups is 1. The molecule has 0 heterocycles. The van der Waals surface area contributed by atoms with E-state index in [9.17, 15) is 4.79 Å². The fraction of sp³-hybridized carbons (Fsp3) is 0.818. The lowest BCUT2D eigenvalue weighted by molar-refractivity contribution is -0.126. The van der Waals surface area contributed by atoms with Crippen LogP contribution in [-0.4, -0.2) is 28.4 Å². The molecule has 2 unspecified atom stereocenters. The van der Waals surface area contributed by atoms with E-state index in [4.69, 9.17) is 18.0 Å². The Kier molecular flexibility index (Phi) is 4.62. The monoisotopic (exact) mass is 260 g/mol. The highest BCUT2D eigenvalue weighted by Gasteiger charge is 2.35. The van der Waals surface area contributed by atoms with Crippen molar-refractivity contribution in [3.8, 4) is 0 Å². The molecule has 1 aliphatic carbocycles. The van der Waals surface area contributed by atoms with Crippen LogP contribution in [0, 0.1) is 5.41 Å². The molecule has 0 aliphatic heterocycles. The number of hydrogen-bond donors (Lipinski definition) is 2. The van der Waals surface area contributed by atoms with Gasteiger partial charge in [0.2, 0.25) is 5.91 Å². The first kappa shape index (κ1) is 13.8. The largest absolute Gasteiger partial charge is 0.392 e. The lowest BCUT2D eigenvalue weighted by Gasteiger charge is -2.26. The summed E-state index contributed by atoms with van der Waals surface area (Å²) in [5.41, 5.74) is 4.83. The molecule has 0 aromatic heterocycles. The Morgan fingerprint density at radius 1 is 1.50 bits per heavy atom. The van der Waals surface area contributed by atoms with Gasteiger partial charge in [0.15, 0.2) is 0 Å². The summed E-state index contributed by atoms with van der Waals surface area (Å²) in [6, 6.07) is 0.274. The molecule has 1 fully saturated rings. The molecular weight excluding hydrogens is 240 g/mol. The third kappa shape index (κ3) is 2.88. The van der Waals surface area contributed by atoms with Gasteiger partial charge in [0.05, 0.1) is 10.4 Å². The molecule has 3 N–H and O–H groups in total. The van der Waals surface area contributed by atoms with Crippen molar-refractivity contribution in [3.63, 3.8) is 0 Å². The molecule has 1 aliphatic rings. The summed E-state index contributed by atoms with van der Waals surface area (Å²) in [5.74, 6) is -0.0500. The number of nitrogens with one attached hydrogen (secondary N) is 1. The molecule has 1 saturated carbocycles. The second-order valence-corrected chi connectivity index (χ2v) is 6.29. The van der Waals surface area contributed by atoms with Gasteiger partial charge in [-0.1, -0.05) is 18.6 Å². The topological polar surface area (TPSA) is 55.1 Å². The summed E-state index contributed by atoms with van der Waals surface area (Å²) in [4.78, 5) is 12.3. The Hall–Kier alpha value is -0.290. The number of carbonyl (C=O) groups is 1. The Bertz CT molecular complexity index is 292. The summed E-state index contributed by atoms with van der Waals surface area (Å²) in [6.07, 6.45) is 5.52. The van der Waals surface area contributed by atoms with E-state index >= 15 is 0 Å². The number of thioether (sulfide) groups is 1. The minimum absolute atomic E-state index is 0.0500. The van der Waals surface area contributed by atoms with Gasteiger partial charge in [0.25, 0.3) is 0 Å². The molecule has 2 atom stereocenters. The SMILES string of the molecule is CSC1CCCC1NC(=O)C(C)(C)C(N)=S. The maximum absolute atomic E-state index is 12.0. The number of amides is 1. The molecule has 5 heteroatoms.